The number of sulfonamides is 1. The van der Waals surface area contributed by atoms with Crippen LogP contribution in [0.4, 0.5) is 5.69 Å². The topological polar surface area (TPSA) is 103 Å². The highest BCUT2D eigenvalue weighted by Crippen LogP contribution is 2.26. The van der Waals surface area contributed by atoms with Gasteiger partial charge in [0.25, 0.3) is 10.0 Å². The molecule has 7 nitrogen and oxygen atoms in total. The minimum absolute atomic E-state index is 0.0923. The molecule has 1 aromatic heterocycles. The molecule has 1 N–H and O–H groups in total. The number of hydrogen-bond donors (Lipinski definition) is 1. The maximum Gasteiger partial charge on any atom is 0.271 e. The fourth-order valence-electron chi connectivity index (χ4n) is 3.15. The summed E-state index contributed by atoms with van der Waals surface area (Å²) in [4.78, 5) is 0. The molecule has 0 fully saturated rings. The van der Waals surface area contributed by atoms with Gasteiger partial charge in [-0.1, -0.05) is 54.6 Å². The van der Waals surface area contributed by atoms with Crippen LogP contribution in [-0.2, 0) is 10.0 Å². The Hall–Kier alpha value is -3.69. The molecule has 0 unspecified atom stereocenters. The van der Waals surface area contributed by atoms with Gasteiger partial charge in [0.2, 0.25) is 0 Å². The fraction of sp³-hybridized carbons (Fsp3) is 0.0435. The first-order valence-electron chi connectivity index (χ1n) is 9.49. The van der Waals surface area contributed by atoms with Crippen molar-refractivity contribution < 1.29 is 18.3 Å². The Kier molecular flexibility index (Phi) is 6.20. The lowest BCUT2D eigenvalue weighted by molar-refractivity contribution is -0.213. The molecular weight excluding hydrogens is 446 g/mol. The molecule has 0 atom stereocenters. The zero-order valence-electron chi connectivity index (χ0n) is 16.9. The van der Waals surface area contributed by atoms with Crippen LogP contribution >= 0.6 is 11.3 Å². The molecule has 0 spiro atoms. The number of ether oxygens (including phenoxy) is 1. The smallest absolute Gasteiger partial charge is 0.271 e. The van der Waals surface area contributed by atoms with Crippen LogP contribution in [0.1, 0.15) is 11.1 Å². The number of nitrogens with zero attached hydrogens (tertiary/aromatic N) is 2. The normalized spacial score (nSPS) is 12.3. The first kappa shape index (κ1) is 21.5. The van der Waals surface area contributed by atoms with Crippen LogP contribution in [0.2, 0.25) is 0 Å². The quantitative estimate of drug-likeness (QED) is 0.255. The number of fused-ring (bicyclic) bond motifs is 1. The maximum absolute atomic E-state index is 12.7. The average molecular weight is 465 g/mol. The molecule has 4 rings (SSSR count). The number of thiophene rings is 1. The number of anilines is 1. The summed E-state index contributed by atoms with van der Waals surface area (Å²) < 4.78 is 33.1. The van der Waals surface area contributed by atoms with Crippen molar-refractivity contribution in [2.45, 2.75) is 4.21 Å². The average Bonchev–Trinajstić information content (AvgIpc) is 3.35. The Labute approximate surface area is 189 Å². The number of methoxy groups -OCH3 is 1. The van der Waals surface area contributed by atoms with Gasteiger partial charge in [-0.3, -0.25) is 4.72 Å². The lowest BCUT2D eigenvalue weighted by Gasteiger charge is -2.15. The summed E-state index contributed by atoms with van der Waals surface area (Å²) in [6, 6.07) is 20.9. The van der Waals surface area contributed by atoms with E-state index in [0.717, 1.165) is 22.1 Å². The molecule has 0 aliphatic heterocycles. The third kappa shape index (κ3) is 4.48. The largest absolute Gasteiger partial charge is 0.857 e. The summed E-state index contributed by atoms with van der Waals surface area (Å²) in [7, 11) is -2.25. The van der Waals surface area contributed by atoms with Crippen LogP contribution in [0.25, 0.3) is 10.8 Å². The lowest BCUT2D eigenvalue weighted by Crippen LogP contribution is -2.22. The van der Waals surface area contributed by atoms with Crippen LogP contribution < -0.4 is 14.6 Å². The number of rotatable bonds is 7. The summed E-state index contributed by atoms with van der Waals surface area (Å²) in [5, 5.41) is 24.0. The van der Waals surface area contributed by atoms with Crippen LogP contribution in [-0.4, -0.2) is 27.6 Å². The van der Waals surface area contributed by atoms with Crippen LogP contribution in [0.5, 0.6) is 5.75 Å². The summed E-state index contributed by atoms with van der Waals surface area (Å²) in [5.41, 5.74) is 0.913. The second-order valence-electron chi connectivity index (χ2n) is 6.64. The Bertz CT molecular complexity index is 1410. The van der Waals surface area contributed by atoms with Crippen molar-refractivity contribution in [1.82, 2.24) is 0 Å². The lowest BCUT2D eigenvalue weighted by atomic mass is 10.0. The van der Waals surface area contributed by atoms with Gasteiger partial charge >= 0.3 is 0 Å². The van der Waals surface area contributed by atoms with E-state index >= 15 is 0 Å². The van der Waals surface area contributed by atoms with E-state index in [-0.39, 0.29) is 15.5 Å². The van der Waals surface area contributed by atoms with E-state index in [2.05, 4.69) is 14.9 Å². The van der Waals surface area contributed by atoms with Crippen LogP contribution in [0, 0.1) is 0 Å². The van der Waals surface area contributed by atoms with Crippen molar-refractivity contribution in [2.75, 3.05) is 11.8 Å². The van der Waals surface area contributed by atoms with Gasteiger partial charge in [0, 0.05) is 17.0 Å². The monoisotopic (exact) mass is 464 g/mol. The highest BCUT2D eigenvalue weighted by Gasteiger charge is 2.16. The van der Waals surface area contributed by atoms with Gasteiger partial charge in [-0.2, -0.15) is 10.2 Å². The molecule has 0 saturated carbocycles. The molecule has 9 heteroatoms. The van der Waals surface area contributed by atoms with Gasteiger partial charge in [-0.05, 0) is 34.4 Å². The predicted octanol–water partition coefficient (Wildman–Crippen LogP) is 3.85. The molecule has 0 aliphatic carbocycles. The van der Waals surface area contributed by atoms with Gasteiger partial charge in [0.05, 0.1) is 19.0 Å². The van der Waals surface area contributed by atoms with E-state index in [4.69, 9.17) is 4.74 Å². The minimum Gasteiger partial charge on any atom is -0.857 e. The SMILES string of the molecule is COc1ccc2ccccc2c1/C=N\N=C([O-])c1ccccc1NS(=O)(=O)c1cccs1. The third-order valence-corrected chi connectivity index (χ3v) is 7.41. The molecule has 4 aromatic rings. The Morgan fingerprint density at radius 1 is 1.03 bits per heavy atom. The summed E-state index contributed by atoms with van der Waals surface area (Å²) in [6.45, 7) is 0. The van der Waals surface area contributed by atoms with Crippen molar-refractivity contribution in [3.05, 3.63) is 89.3 Å². The van der Waals surface area contributed by atoms with E-state index in [1.54, 1.807) is 30.7 Å². The zero-order chi connectivity index (χ0) is 22.6. The predicted molar refractivity (Wildman–Crippen MR) is 126 cm³/mol. The van der Waals surface area contributed by atoms with E-state index in [0.29, 0.717) is 11.3 Å². The van der Waals surface area contributed by atoms with Gasteiger partial charge in [0.1, 0.15) is 9.96 Å². The molecule has 1 heterocycles. The molecule has 0 bridgehead atoms. The van der Waals surface area contributed by atoms with Crippen molar-refractivity contribution in [2.24, 2.45) is 10.2 Å². The summed E-state index contributed by atoms with van der Waals surface area (Å²) >= 11 is 1.08. The standard InChI is InChI=1S/C23H19N3O4S2/c1-30-21-13-12-16-7-2-3-8-17(16)19(21)15-24-25-23(27)18-9-4-5-10-20(18)26-32(28,29)22-11-6-14-31-22/h2-15,26H,1H3,(H,25,27)/p-1/b24-15-. The Morgan fingerprint density at radius 3 is 2.59 bits per heavy atom. The number of hydrogen-bond acceptors (Lipinski definition) is 7. The van der Waals surface area contributed by atoms with Crippen molar-refractivity contribution in [3.63, 3.8) is 0 Å². The summed E-state index contributed by atoms with van der Waals surface area (Å²) in [6.07, 6.45) is 1.46. The molecule has 3 aromatic carbocycles. The van der Waals surface area contributed by atoms with Crippen LogP contribution in [0.3, 0.4) is 0 Å². The van der Waals surface area contributed by atoms with E-state index in [9.17, 15) is 13.5 Å². The van der Waals surface area contributed by atoms with E-state index in [1.165, 1.54) is 24.4 Å². The Morgan fingerprint density at radius 2 is 1.81 bits per heavy atom. The minimum atomic E-state index is -3.80. The highest BCUT2D eigenvalue weighted by molar-refractivity contribution is 7.94. The van der Waals surface area contributed by atoms with E-state index < -0.39 is 15.9 Å². The summed E-state index contributed by atoms with van der Waals surface area (Å²) in [5.74, 6) is -0.0795. The first-order valence-corrected chi connectivity index (χ1v) is 11.9. The molecule has 0 radical (unpaired) electrons. The van der Waals surface area contributed by atoms with Gasteiger partial charge in [-0.15, -0.1) is 11.3 Å². The van der Waals surface area contributed by atoms with Crippen molar-refractivity contribution >= 4 is 49.9 Å². The van der Waals surface area contributed by atoms with E-state index in [1.807, 2.05) is 36.4 Å². The first-order chi connectivity index (χ1) is 15.5. The Balaban J connectivity index is 1.65. The van der Waals surface area contributed by atoms with Crippen molar-refractivity contribution in [1.29, 1.82) is 0 Å². The van der Waals surface area contributed by atoms with Gasteiger partial charge in [-0.25, -0.2) is 8.42 Å². The molecule has 32 heavy (non-hydrogen) atoms. The second kappa shape index (κ2) is 9.21. The number of para-hydroxylation sites is 1. The van der Waals surface area contributed by atoms with Gasteiger partial charge < -0.3 is 9.84 Å². The van der Waals surface area contributed by atoms with Crippen molar-refractivity contribution in [3.8, 4) is 5.75 Å². The molecule has 0 amide bonds. The third-order valence-electron chi connectivity index (χ3n) is 4.65. The molecule has 162 valence electrons. The molecule has 0 saturated heterocycles. The van der Waals surface area contributed by atoms with Gasteiger partial charge in [0.15, 0.2) is 0 Å². The molecular formula is C23H18N3O4S2-. The zero-order valence-corrected chi connectivity index (χ0v) is 18.6. The molecule has 0 aliphatic rings. The number of nitrogens with one attached hydrogen (secondary N) is 1. The highest BCUT2D eigenvalue weighted by atomic mass is 32.2. The van der Waals surface area contributed by atoms with Crippen LogP contribution in [0.15, 0.2) is 92.6 Å². The fourth-order valence-corrected chi connectivity index (χ4v) is 5.22. The second-order valence-corrected chi connectivity index (χ2v) is 9.49. The maximum atomic E-state index is 12.7. The number of benzene rings is 3.